The zero-order valence-electron chi connectivity index (χ0n) is 12.9. The molecule has 0 bridgehead atoms. The molecule has 0 radical (unpaired) electrons. The van der Waals surface area contributed by atoms with Crippen LogP contribution in [0.2, 0.25) is 0 Å². The molecule has 114 valence electrons. The van der Waals surface area contributed by atoms with Gasteiger partial charge >= 0.3 is 0 Å². The van der Waals surface area contributed by atoms with Crippen LogP contribution in [0.3, 0.4) is 0 Å². The molecule has 0 aromatic carbocycles. The highest BCUT2D eigenvalue weighted by atomic mass is 32.1. The second kappa shape index (κ2) is 6.46. The topological polar surface area (TPSA) is 28.2 Å². The summed E-state index contributed by atoms with van der Waals surface area (Å²) in [7, 11) is 0. The lowest BCUT2D eigenvalue weighted by atomic mass is 10.2. The third kappa shape index (κ3) is 3.47. The molecule has 0 saturated heterocycles. The van der Waals surface area contributed by atoms with Crippen LogP contribution in [0.4, 0.5) is 5.13 Å². The molecule has 1 N–H and O–H groups in total. The van der Waals surface area contributed by atoms with E-state index in [2.05, 4.69) is 47.8 Å². The Bertz CT molecular complexity index is 572. The summed E-state index contributed by atoms with van der Waals surface area (Å²) in [5.74, 6) is 0. The van der Waals surface area contributed by atoms with Crippen LogP contribution in [-0.4, -0.2) is 17.6 Å². The van der Waals surface area contributed by atoms with Crippen LogP contribution in [0.5, 0.6) is 0 Å². The van der Waals surface area contributed by atoms with Gasteiger partial charge < -0.3 is 10.2 Å². The maximum atomic E-state index is 4.86. The zero-order chi connectivity index (χ0) is 14.8. The van der Waals surface area contributed by atoms with Gasteiger partial charge in [-0.15, -0.1) is 0 Å². The number of aryl methyl sites for hydroxylation is 1. The lowest BCUT2D eigenvalue weighted by Gasteiger charge is -2.20. The molecule has 2 heterocycles. The molecule has 5 heteroatoms. The van der Waals surface area contributed by atoms with Crippen LogP contribution in [0.25, 0.3) is 0 Å². The lowest BCUT2D eigenvalue weighted by Crippen LogP contribution is -2.24. The number of hydrogen-bond acceptors (Lipinski definition) is 5. The zero-order valence-corrected chi connectivity index (χ0v) is 14.6. The number of aromatic nitrogens is 1. The van der Waals surface area contributed by atoms with E-state index in [1.54, 1.807) is 11.3 Å². The van der Waals surface area contributed by atoms with E-state index in [-0.39, 0.29) is 0 Å². The summed E-state index contributed by atoms with van der Waals surface area (Å²) in [5.41, 5.74) is 2.58. The van der Waals surface area contributed by atoms with Crippen molar-refractivity contribution in [3.05, 3.63) is 33.0 Å². The summed E-state index contributed by atoms with van der Waals surface area (Å²) in [6, 6.07) is 3.31. The fourth-order valence-electron chi connectivity index (χ4n) is 2.64. The first-order chi connectivity index (χ1) is 10.2. The average molecular weight is 322 g/mol. The lowest BCUT2D eigenvalue weighted by molar-refractivity contribution is 0.603. The molecule has 1 saturated carbocycles. The van der Waals surface area contributed by atoms with E-state index in [0.717, 1.165) is 13.1 Å². The molecule has 0 spiro atoms. The molecule has 1 atom stereocenters. The van der Waals surface area contributed by atoms with Crippen molar-refractivity contribution in [1.82, 2.24) is 10.3 Å². The van der Waals surface area contributed by atoms with Crippen LogP contribution >= 0.6 is 22.7 Å². The van der Waals surface area contributed by atoms with Gasteiger partial charge in [0.25, 0.3) is 0 Å². The molecule has 2 aromatic rings. The Morgan fingerprint density at radius 1 is 1.48 bits per heavy atom. The van der Waals surface area contributed by atoms with Gasteiger partial charge in [0.05, 0.1) is 5.69 Å². The van der Waals surface area contributed by atoms with Gasteiger partial charge in [0.15, 0.2) is 5.13 Å². The predicted molar refractivity (Wildman–Crippen MR) is 92.5 cm³/mol. The van der Waals surface area contributed by atoms with Crippen LogP contribution in [0, 0.1) is 6.92 Å². The van der Waals surface area contributed by atoms with Crippen LogP contribution in [0.1, 0.15) is 48.9 Å². The minimum atomic E-state index is 0.392. The highest BCUT2D eigenvalue weighted by molar-refractivity contribution is 7.15. The van der Waals surface area contributed by atoms with Gasteiger partial charge in [-0.05, 0) is 55.6 Å². The normalized spacial score (nSPS) is 16.1. The molecule has 1 fully saturated rings. The van der Waals surface area contributed by atoms with Crippen molar-refractivity contribution >= 4 is 27.8 Å². The number of nitrogens with one attached hydrogen (secondary N) is 1. The van der Waals surface area contributed by atoms with E-state index < -0.39 is 0 Å². The van der Waals surface area contributed by atoms with E-state index >= 15 is 0 Å². The van der Waals surface area contributed by atoms with Gasteiger partial charge in [-0.3, -0.25) is 0 Å². The molecular weight excluding hydrogens is 298 g/mol. The predicted octanol–water partition coefficient (Wildman–Crippen LogP) is 4.35. The SMILES string of the molecule is CCNC(C)c1sc(N(Cc2ccsc2)C2CC2)nc1C. The Kier molecular flexibility index (Phi) is 4.62. The second-order valence-electron chi connectivity index (χ2n) is 5.72. The maximum Gasteiger partial charge on any atom is 0.186 e. The Balaban J connectivity index is 1.81. The fourth-order valence-corrected chi connectivity index (χ4v) is 4.46. The smallest absolute Gasteiger partial charge is 0.186 e. The van der Waals surface area contributed by atoms with Crippen molar-refractivity contribution in [2.24, 2.45) is 0 Å². The molecular formula is C16H23N3S2. The molecule has 1 aliphatic rings. The third-order valence-corrected chi connectivity index (χ3v) is 6.00. The highest BCUT2D eigenvalue weighted by Crippen LogP contribution is 2.38. The molecule has 2 aromatic heterocycles. The van der Waals surface area contributed by atoms with Gasteiger partial charge in [-0.25, -0.2) is 4.98 Å². The van der Waals surface area contributed by atoms with Gasteiger partial charge in [0.1, 0.15) is 0 Å². The number of anilines is 1. The molecule has 3 rings (SSSR count). The van der Waals surface area contributed by atoms with E-state index in [4.69, 9.17) is 4.98 Å². The molecule has 3 nitrogen and oxygen atoms in total. The molecule has 21 heavy (non-hydrogen) atoms. The molecule has 1 aliphatic carbocycles. The number of hydrogen-bond donors (Lipinski definition) is 1. The van der Waals surface area contributed by atoms with Gasteiger partial charge in [0, 0.05) is 23.5 Å². The summed E-state index contributed by atoms with van der Waals surface area (Å²) < 4.78 is 0. The largest absolute Gasteiger partial charge is 0.341 e. The summed E-state index contributed by atoms with van der Waals surface area (Å²) >= 11 is 3.64. The van der Waals surface area contributed by atoms with Gasteiger partial charge in [-0.1, -0.05) is 18.3 Å². The number of thiophene rings is 1. The Morgan fingerprint density at radius 2 is 2.29 bits per heavy atom. The minimum absolute atomic E-state index is 0.392. The maximum absolute atomic E-state index is 4.86. The van der Waals surface area contributed by atoms with E-state index in [0.29, 0.717) is 12.1 Å². The summed E-state index contributed by atoms with van der Waals surface area (Å²) in [6.45, 7) is 8.51. The van der Waals surface area contributed by atoms with Gasteiger partial charge in [0.2, 0.25) is 0 Å². The standard InChI is InChI=1S/C16H23N3S2/c1-4-17-11(2)15-12(3)18-16(21-15)19(14-5-6-14)9-13-7-8-20-10-13/h7-8,10-11,14,17H,4-6,9H2,1-3H3. The Morgan fingerprint density at radius 3 is 2.90 bits per heavy atom. The van der Waals surface area contributed by atoms with Crippen molar-refractivity contribution < 1.29 is 0 Å². The van der Waals surface area contributed by atoms with E-state index in [9.17, 15) is 0 Å². The summed E-state index contributed by atoms with van der Waals surface area (Å²) in [4.78, 5) is 8.74. The van der Waals surface area contributed by atoms with Crippen molar-refractivity contribution in [2.45, 2.75) is 52.2 Å². The average Bonchev–Trinajstić information content (AvgIpc) is 3.02. The first-order valence-corrected chi connectivity index (χ1v) is 9.43. The number of nitrogens with zero attached hydrogens (tertiary/aromatic N) is 2. The van der Waals surface area contributed by atoms with Crippen LogP contribution in [-0.2, 0) is 6.54 Å². The monoisotopic (exact) mass is 321 g/mol. The van der Waals surface area contributed by atoms with Crippen molar-refractivity contribution in [1.29, 1.82) is 0 Å². The van der Waals surface area contributed by atoms with Crippen molar-refractivity contribution in [3.63, 3.8) is 0 Å². The number of thiazole rings is 1. The third-order valence-electron chi connectivity index (χ3n) is 3.89. The van der Waals surface area contributed by atoms with E-state index in [1.807, 2.05) is 11.3 Å². The second-order valence-corrected chi connectivity index (χ2v) is 7.51. The Hall–Kier alpha value is -0.910. The highest BCUT2D eigenvalue weighted by Gasteiger charge is 2.31. The van der Waals surface area contributed by atoms with Gasteiger partial charge in [-0.2, -0.15) is 11.3 Å². The Labute approximate surface area is 135 Å². The van der Waals surface area contributed by atoms with E-state index in [1.165, 1.54) is 34.1 Å². The first kappa shape index (κ1) is 15.0. The first-order valence-electron chi connectivity index (χ1n) is 7.67. The van der Waals surface area contributed by atoms with Crippen LogP contribution < -0.4 is 10.2 Å². The quantitative estimate of drug-likeness (QED) is 0.821. The number of rotatable bonds is 7. The van der Waals surface area contributed by atoms with Crippen molar-refractivity contribution in [2.75, 3.05) is 11.4 Å². The van der Waals surface area contributed by atoms with Crippen LogP contribution in [0.15, 0.2) is 16.8 Å². The molecule has 0 aliphatic heterocycles. The molecule has 1 unspecified atom stereocenters. The summed E-state index contributed by atoms with van der Waals surface area (Å²) in [5, 5.41) is 9.10. The minimum Gasteiger partial charge on any atom is -0.341 e. The van der Waals surface area contributed by atoms with Crippen molar-refractivity contribution in [3.8, 4) is 0 Å². The summed E-state index contributed by atoms with van der Waals surface area (Å²) in [6.07, 6.45) is 2.61. The fraction of sp³-hybridized carbons (Fsp3) is 0.562. The molecule has 0 amide bonds.